The molecule has 5 heteroatoms. The summed E-state index contributed by atoms with van der Waals surface area (Å²) in [6.07, 6.45) is 0. The monoisotopic (exact) mass is 283 g/mol. The van der Waals surface area contributed by atoms with Gasteiger partial charge in [0.1, 0.15) is 5.82 Å². The molecular weight excluding hydrogens is 262 g/mol. The van der Waals surface area contributed by atoms with E-state index in [4.69, 9.17) is 5.73 Å². The number of nitrogens with two attached hydrogens (primary N) is 1. The third kappa shape index (κ3) is 3.07. The Morgan fingerprint density at radius 2 is 1.67 bits per heavy atom. The van der Waals surface area contributed by atoms with Crippen molar-refractivity contribution in [3.05, 3.63) is 41.6 Å². The standard InChI is InChI=1S/C16H21N5/c1-12-4-3-5-14(10-12)20-6-8-21(9-7-20)15-11-13(2)18-16(17)19-15/h3-5,10-11H,6-9H2,1-2H3,(H2,17,18,19). The van der Waals surface area contributed by atoms with E-state index in [1.54, 1.807) is 0 Å². The molecule has 0 aliphatic carbocycles. The molecule has 1 aliphatic rings. The van der Waals surface area contributed by atoms with Crippen molar-refractivity contribution in [3.8, 4) is 0 Å². The molecule has 0 amide bonds. The highest BCUT2D eigenvalue weighted by atomic mass is 15.3. The van der Waals surface area contributed by atoms with Crippen molar-refractivity contribution in [1.82, 2.24) is 9.97 Å². The highest BCUT2D eigenvalue weighted by Gasteiger charge is 2.19. The van der Waals surface area contributed by atoms with Gasteiger partial charge in [-0.05, 0) is 31.5 Å². The van der Waals surface area contributed by atoms with E-state index in [0.29, 0.717) is 5.95 Å². The van der Waals surface area contributed by atoms with Crippen LogP contribution < -0.4 is 15.5 Å². The molecule has 0 radical (unpaired) electrons. The van der Waals surface area contributed by atoms with Crippen LogP contribution in [0.1, 0.15) is 11.3 Å². The molecule has 0 atom stereocenters. The van der Waals surface area contributed by atoms with Gasteiger partial charge in [-0.3, -0.25) is 0 Å². The zero-order chi connectivity index (χ0) is 14.8. The van der Waals surface area contributed by atoms with Gasteiger partial charge in [0.2, 0.25) is 5.95 Å². The minimum atomic E-state index is 0.353. The number of rotatable bonds is 2. The number of piperazine rings is 1. The topological polar surface area (TPSA) is 58.3 Å². The van der Waals surface area contributed by atoms with E-state index in [9.17, 15) is 0 Å². The van der Waals surface area contributed by atoms with Gasteiger partial charge in [0.15, 0.2) is 0 Å². The average molecular weight is 283 g/mol. The quantitative estimate of drug-likeness (QED) is 0.913. The molecule has 1 fully saturated rings. The molecule has 2 aromatic rings. The summed E-state index contributed by atoms with van der Waals surface area (Å²) in [5, 5.41) is 0. The third-order valence-electron chi connectivity index (χ3n) is 3.83. The van der Waals surface area contributed by atoms with Crippen molar-refractivity contribution in [2.45, 2.75) is 13.8 Å². The van der Waals surface area contributed by atoms with Crippen LogP contribution in [0.2, 0.25) is 0 Å². The Morgan fingerprint density at radius 3 is 2.33 bits per heavy atom. The maximum absolute atomic E-state index is 5.74. The third-order valence-corrected chi connectivity index (χ3v) is 3.83. The Morgan fingerprint density at radius 1 is 0.952 bits per heavy atom. The molecule has 0 spiro atoms. The summed E-state index contributed by atoms with van der Waals surface area (Å²) < 4.78 is 0. The molecule has 5 nitrogen and oxygen atoms in total. The Balaban J connectivity index is 1.70. The second-order valence-corrected chi connectivity index (χ2v) is 5.54. The fraction of sp³-hybridized carbons (Fsp3) is 0.375. The molecule has 2 heterocycles. The van der Waals surface area contributed by atoms with Gasteiger partial charge >= 0.3 is 0 Å². The molecule has 1 aliphatic heterocycles. The van der Waals surface area contributed by atoms with E-state index < -0.39 is 0 Å². The Bertz CT molecular complexity index is 612. The van der Waals surface area contributed by atoms with Gasteiger partial charge in [-0.15, -0.1) is 0 Å². The predicted octanol–water partition coefficient (Wildman–Crippen LogP) is 2.00. The molecular formula is C16H21N5. The van der Waals surface area contributed by atoms with Crippen LogP contribution in [0.15, 0.2) is 30.3 Å². The molecule has 1 aromatic heterocycles. The normalized spacial score (nSPS) is 15.3. The van der Waals surface area contributed by atoms with E-state index in [0.717, 1.165) is 37.7 Å². The largest absolute Gasteiger partial charge is 0.368 e. The fourth-order valence-electron chi connectivity index (χ4n) is 2.75. The molecule has 0 saturated carbocycles. The summed E-state index contributed by atoms with van der Waals surface area (Å²) in [5.74, 6) is 1.29. The van der Waals surface area contributed by atoms with Crippen molar-refractivity contribution >= 4 is 17.5 Å². The Hall–Kier alpha value is -2.30. The second kappa shape index (κ2) is 5.60. The number of nitrogens with zero attached hydrogens (tertiary/aromatic N) is 4. The first-order chi connectivity index (χ1) is 10.1. The number of benzene rings is 1. The van der Waals surface area contributed by atoms with Gasteiger partial charge < -0.3 is 15.5 Å². The second-order valence-electron chi connectivity index (χ2n) is 5.54. The summed E-state index contributed by atoms with van der Waals surface area (Å²) >= 11 is 0. The van der Waals surface area contributed by atoms with Crippen molar-refractivity contribution in [2.75, 3.05) is 41.7 Å². The first-order valence-corrected chi connectivity index (χ1v) is 7.29. The molecule has 110 valence electrons. The first-order valence-electron chi connectivity index (χ1n) is 7.29. The minimum absolute atomic E-state index is 0.353. The molecule has 2 N–H and O–H groups in total. The zero-order valence-corrected chi connectivity index (χ0v) is 12.6. The van der Waals surface area contributed by atoms with Crippen LogP contribution in [0, 0.1) is 13.8 Å². The molecule has 0 unspecified atom stereocenters. The van der Waals surface area contributed by atoms with Crippen molar-refractivity contribution in [2.24, 2.45) is 0 Å². The number of hydrogen-bond donors (Lipinski definition) is 1. The smallest absolute Gasteiger partial charge is 0.222 e. The molecule has 21 heavy (non-hydrogen) atoms. The number of aryl methyl sites for hydroxylation is 2. The van der Waals surface area contributed by atoms with E-state index in [1.165, 1.54) is 11.3 Å². The Kier molecular flexibility index (Phi) is 3.64. The first kappa shape index (κ1) is 13.7. The number of nitrogen functional groups attached to an aromatic ring is 1. The number of aromatic nitrogens is 2. The highest BCUT2D eigenvalue weighted by Crippen LogP contribution is 2.20. The van der Waals surface area contributed by atoms with Crippen molar-refractivity contribution < 1.29 is 0 Å². The van der Waals surface area contributed by atoms with Gasteiger partial charge in [-0.25, -0.2) is 4.98 Å². The van der Waals surface area contributed by atoms with Gasteiger partial charge in [0.05, 0.1) is 0 Å². The van der Waals surface area contributed by atoms with Gasteiger partial charge in [0.25, 0.3) is 0 Å². The zero-order valence-electron chi connectivity index (χ0n) is 12.6. The molecule has 3 rings (SSSR count). The molecule has 1 saturated heterocycles. The van der Waals surface area contributed by atoms with Crippen LogP contribution in [-0.2, 0) is 0 Å². The fourth-order valence-corrected chi connectivity index (χ4v) is 2.75. The summed E-state index contributed by atoms with van der Waals surface area (Å²) in [4.78, 5) is 13.2. The lowest BCUT2D eigenvalue weighted by molar-refractivity contribution is 0.646. The maximum atomic E-state index is 5.74. The van der Waals surface area contributed by atoms with Gasteiger partial charge in [0, 0.05) is 43.6 Å². The van der Waals surface area contributed by atoms with Crippen LogP contribution in [0.4, 0.5) is 17.5 Å². The van der Waals surface area contributed by atoms with Crippen LogP contribution in [-0.4, -0.2) is 36.1 Å². The van der Waals surface area contributed by atoms with Gasteiger partial charge in [-0.1, -0.05) is 12.1 Å². The lowest BCUT2D eigenvalue weighted by Gasteiger charge is -2.37. The van der Waals surface area contributed by atoms with Crippen molar-refractivity contribution in [1.29, 1.82) is 0 Å². The SMILES string of the molecule is Cc1cccc(N2CCN(c3cc(C)nc(N)n3)CC2)c1. The predicted molar refractivity (Wildman–Crippen MR) is 86.8 cm³/mol. The summed E-state index contributed by atoms with van der Waals surface area (Å²) in [5.41, 5.74) is 9.26. The lowest BCUT2D eigenvalue weighted by Crippen LogP contribution is -2.47. The summed E-state index contributed by atoms with van der Waals surface area (Å²) in [7, 11) is 0. The van der Waals surface area contributed by atoms with E-state index in [1.807, 2.05) is 13.0 Å². The minimum Gasteiger partial charge on any atom is -0.368 e. The highest BCUT2D eigenvalue weighted by molar-refractivity contribution is 5.51. The van der Waals surface area contributed by atoms with E-state index in [2.05, 4.69) is 51.0 Å². The van der Waals surface area contributed by atoms with E-state index in [-0.39, 0.29) is 0 Å². The Labute approximate surface area is 125 Å². The van der Waals surface area contributed by atoms with E-state index >= 15 is 0 Å². The molecule has 0 bridgehead atoms. The summed E-state index contributed by atoms with van der Waals surface area (Å²) in [6, 6.07) is 10.7. The number of anilines is 3. The number of hydrogen-bond acceptors (Lipinski definition) is 5. The summed E-state index contributed by atoms with van der Waals surface area (Å²) in [6.45, 7) is 7.96. The molecule has 1 aromatic carbocycles. The van der Waals surface area contributed by atoms with Crippen LogP contribution in [0.25, 0.3) is 0 Å². The lowest BCUT2D eigenvalue weighted by atomic mass is 10.2. The van der Waals surface area contributed by atoms with Crippen LogP contribution in [0.5, 0.6) is 0 Å². The van der Waals surface area contributed by atoms with Crippen LogP contribution >= 0.6 is 0 Å². The maximum Gasteiger partial charge on any atom is 0.222 e. The van der Waals surface area contributed by atoms with Crippen molar-refractivity contribution in [3.63, 3.8) is 0 Å². The van der Waals surface area contributed by atoms with Crippen LogP contribution in [0.3, 0.4) is 0 Å². The van der Waals surface area contributed by atoms with Gasteiger partial charge in [-0.2, -0.15) is 4.98 Å². The average Bonchev–Trinajstić information content (AvgIpc) is 2.46.